The highest BCUT2D eigenvalue weighted by Crippen LogP contribution is 2.23. The zero-order valence-corrected chi connectivity index (χ0v) is 8.91. The van der Waals surface area contributed by atoms with Crippen LogP contribution >= 0.6 is 27.5 Å². The van der Waals surface area contributed by atoms with Gasteiger partial charge in [-0.1, -0.05) is 33.6 Å². The van der Waals surface area contributed by atoms with Crippen molar-refractivity contribution in [3.05, 3.63) is 33.8 Å². The summed E-state index contributed by atoms with van der Waals surface area (Å²) in [6, 6.07) is 5.76. The van der Waals surface area contributed by atoms with Crippen molar-refractivity contribution in [2.45, 2.75) is 12.3 Å². The number of alkyl halides is 1. The molecule has 0 aliphatic carbocycles. The number of nitriles is 1. The van der Waals surface area contributed by atoms with Crippen LogP contribution in [0.4, 0.5) is 0 Å². The van der Waals surface area contributed by atoms with Crippen LogP contribution in [-0.2, 0) is 5.33 Å². The largest absolute Gasteiger partial charge is 0.192 e. The minimum absolute atomic E-state index is 0.528. The first-order valence-electron chi connectivity index (χ1n) is 3.44. The van der Waals surface area contributed by atoms with Gasteiger partial charge in [0.2, 0.25) is 0 Å². The molecule has 0 radical (unpaired) electrons. The molecule has 12 heavy (non-hydrogen) atoms. The zero-order valence-electron chi connectivity index (χ0n) is 6.56. The molecule has 0 N–H and O–H groups in total. The lowest BCUT2D eigenvalue weighted by atomic mass is 10.0. The molecule has 1 aromatic rings. The molecule has 0 fully saturated rings. The van der Waals surface area contributed by atoms with Gasteiger partial charge in [-0.3, -0.25) is 0 Å². The van der Waals surface area contributed by atoms with Crippen molar-refractivity contribution in [1.29, 1.82) is 5.26 Å². The molecule has 0 aliphatic heterocycles. The molecular weight excluding hydrogens is 237 g/mol. The van der Waals surface area contributed by atoms with Gasteiger partial charge >= 0.3 is 0 Å². The highest BCUT2D eigenvalue weighted by molar-refractivity contribution is 9.08. The molecule has 1 rings (SSSR count). The lowest BCUT2D eigenvalue weighted by Gasteiger charge is -2.04. The quantitative estimate of drug-likeness (QED) is 0.695. The van der Waals surface area contributed by atoms with Gasteiger partial charge in [0.15, 0.2) is 0 Å². The van der Waals surface area contributed by atoms with Crippen LogP contribution in [0.5, 0.6) is 0 Å². The summed E-state index contributed by atoms with van der Waals surface area (Å²) in [6.45, 7) is 1.90. The molecule has 0 atom stereocenters. The Morgan fingerprint density at radius 1 is 1.58 bits per heavy atom. The van der Waals surface area contributed by atoms with Crippen LogP contribution in [0.25, 0.3) is 0 Å². The van der Waals surface area contributed by atoms with Crippen molar-refractivity contribution < 1.29 is 0 Å². The van der Waals surface area contributed by atoms with E-state index in [0.29, 0.717) is 10.6 Å². The Morgan fingerprint density at radius 2 is 2.25 bits per heavy atom. The van der Waals surface area contributed by atoms with E-state index in [2.05, 4.69) is 22.0 Å². The molecular formula is C9H7BrClN. The highest BCUT2D eigenvalue weighted by atomic mass is 79.9. The summed E-state index contributed by atoms with van der Waals surface area (Å²) in [7, 11) is 0. The first kappa shape index (κ1) is 9.57. The zero-order chi connectivity index (χ0) is 9.14. The Balaban J connectivity index is 3.36. The molecule has 1 nitrogen and oxygen atoms in total. The van der Waals surface area contributed by atoms with Gasteiger partial charge in [-0.2, -0.15) is 5.26 Å². The van der Waals surface area contributed by atoms with E-state index in [1.807, 2.05) is 13.0 Å². The molecule has 0 aromatic heterocycles. The maximum Gasteiger partial charge on any atom is 0.101 e. The van der Waals surface area contributed by atoms with E-state index in [1.165, 1.54) is 0 Å². The molecule has 0 spiro atoms. The van der Waals surface area contributed by atoms with Crippen LogP contribution in [0.1, 0.15) is 16.7 Å². The Hall–Kier alpha value is -0.520. The van der Waals surface area contributed by atoms with Gasteiger partial charge in [-0.05, 0) is 24.1 Å². The van der Waals surface area contributed by atoms with E-state index < -0.39 is 0 Å². The Bertz CT molecular complexity index is 341. The summed E-state index contributed by atoms with van der Waals surface area (Å²) in [5, 5.41) is 10.1. The number of rotatable bonds is 1. The average Bonchev–Trinajstić information content (AvgIpc) is 2.06. The lowest BCUT2D eigenvalue weighted by molar-refractivity contribution is 1.29. The molecule has 0 unspecified atom stereocenters. The van der Waals surface area contributed by atoms with Crippen LogP contribution in [0.2, 0.25) is 5.02 Å². The molecule has 0 saturated carbocycles. The first-order chi connectivity index (χ1) is 5.70. The minimum Gasteiger partial charge on any atom is -0.192 e. The number of hydrogen-bond acceptors (Lipinski definition) is 1. The van der Waals surface area contributed by atoms with Crippen LogP contribution in [0.3, 0.4) is 0 Å². The van der Waals surface area contributed by atoms with Crippen molar-refractivity contribution in [2.75, 3.05) is 0 Å². The third-order valence-electron chi connectivity index (χ3n) is 1.78. The third kappa shape index (κ3) is 1.63. The van der Waals surface area contributed by atoms with E-state index >= 15 is 0 Å². The van der Waals surface area contributed by atoms with E-state index in [4.69, 9.17) is 16.9 Å². The lowest BCUT2D eigenvalue weighted by Crippen LogP contribution is -1.90. The fourth-order valence-corrected chi connectivity index (χ4v) is 1.86. The molecule has 1 aromatic carbocycles. The standard InChI is InChI=1S/C9H7BrClN/c1-6-7(4-10)2-3-9(11)8(6)5-12/h2-3H,4H2,1H3. The summed E-state index contributed by atoms with van der Waals surface area (Å²) >= 11 is 9.16. The van der Waals surface area contributed by atoms with Gasteiger partial charge < -0.3 is 0 Å². The van der Waals surface area contributed by atoms with Crippen LogP contribution < -0.4 is 0 Å². The second-order valence-electron chi connectivity index (χ2n) is 2.45. The topological polar surface area (TPSA) is 23.8 Å². The first-order valence-corrected chi connectivity index (χ1v) is 4.94. The maximum atomic E-state index is 8.77. The summed E-state index contributed by atoms with van der Waals surface area (Å²) in [5.74, 6) is 0. The van der Waals surface area contributed by atoms with Crippen molar-refractivity contribution in [3.63, 3.8) is 0 Å². The number of nitrogens with zero attached hydrogens (tertiary/aromatic N) is 1. The minimum atomic E-state index is 0.528. The number of halogens is 2. The Kier molecular flexibility index (Phi) is 3.13. The molecule has 3 heteroatoms. The van der Waals surface area contributed by atoms with Crippen molar-refractivity contribution >= 4 is 27.5 Å². The van der Waals surface area contributed by atoms with Gasteiger partial charge in [0, 0.05) is 5.33 Å². The molecule has 0 amide bonds. The molecule has 0 heterocycles. The monoisotopic (exact) mass is 243 g/mol. The van der Waals surface area contributed by atoms with E-state index in [0.717, 1.165) is 16.5 Å². The highest BCUT2D eigenvalue weighted by Gasteiger charge is 2.06. The predicted octanol–water partition coefficient (Wildman–Crippen LogP) is 3.42. The SMILES string of the molecule is Cc1c(CBr)ccc(Cl)c1C#N. The molecule has 0 saturated heterocycles. The fourth-order valence-electron chi connectivity index (χ4n) is 1.00. The average molecular weight is 245 g/mol. The molecule has 62 valence electrons. The van der Waals surface area contributed by atoms with Gasteiger partial charge in [0.1, 0.15) is 6.07 Å². The summed E-state index contributed by atoms with van der Waals surface area (Å²) in [5.41, 5.74) is 2.64. The number of hydrogen-bond donors (Lipinski definition) is 0. The number of benzene rings is 1. The third-order valence-corrected chi connectivity index (χ3v) is 2.70. The summed E-state index contributed by atoms with van der Waals surface area (Å²) in [6.07, 6.45) is 0. The van der Waals surface area contributed by atoms with E-state index in [1.54, 1.807) is 6.07 Å². The van der Waals surface area contributed by atoms with Crippen molar-refractivity contribution in [1.82, 2.24) is 0 Å². The normalized spacial score (nSPS) is 9.50. The van der Waals surface area contributed by atoms with Gasteiger partial charge in [0.25, 0.3) is 0 Å². The van der Waals surface area contributed by atoms with Gasteiger partial charge in [0.05, 0.1) is 10.6 Å². The summed E-state index contributed by atoms with van der Waals surface area (Å²) < 4.78 is 0. The van der Waals surface area contributed by atoms with Crippen molar-refractivity contribution in [2.24, 2.45) is 0 Å². The van der Waals surface area contributed by atoms with Crippen molar-refractivity contribution in [3.8, 4) is 6.07 Å². The Labute approximate surface area is 85.1 Å². The second-order valence-corrected chi connectivity index (χ2v) is 3.42. The predicted molar refractivity (Wildman–Crippen MR) is 53.5 cm³/mol. The van der Waals surface area contributed by atoms with E-state index in [-0.39, 0.29) is 0 Å². The van der Waals surface area contributed by atoms with Gasteiger partial charge in [-0.15, -0.1) is 0 Å². The van der Waals surface area contributed by atoms with E-state index in [9.17, 15) is 0 Å². The Morgan fingerprint density at radius 3 is 2.75 bits per heavy atom. The fraction of sp³-hybridized carbons (Fsp3) is 0.222. The van der Waals surface area contributed by atoms with Crippen LogP contribution in [0.15, 0.2) is 12.1 Å². The molecule has 0 bridgehead atoms. The maximum absolute atomic E-state index is 8.77. The van der Waals surface area contributed by atoms with Crippen LogP contribution in [-0.4, -0.2) is 0 Å². The van der Waals surface area contributed by atoms with Gasteiger partial charge in [-0.25, -0.2) is 0 Å². The smallest absolute Gasteiger partial charge is 0.101 e. The second kappa shape index (κ2) is 3.93. The summed E-state index contributed by atoms with van der Waals surface area (Å²) in [4.78, 5) is 0. The van der Waals surface area contributed by atoms with Crippen LogP contribution in [0, 0.1) is 18.3 Å². The molecule has 0 aliphatic rings.